The molecule has 1 heterocycles. The van der Waals surface area contributed by atoms with Gasteiger partial charge in [0.25, 0.3) is 0 Å². The van der Waals surface area contributed by atoms with Gasteiger partial charge in [-0.2, -0.15) is 0 Å². The molecule has 0 atom stereocenters. The number of rotatable bonds is 12. The van der Waals surface area contributed by atoms with Crippen LogP contribution in [0.3, 0.4) is 0 Å². The normalized spacial score (nSPS) is 13.8. The third-order valence-corrected chi connectivity index (χ3v) is 4.73. The topological polar surface area (TPSA) is 15.7 Å². The van der Waals surface area contributed by atoms with Crippen molar-refractivity contribution in [3.63, 3.8) is 0 Å². The highest BCUT2D eigenvalue weighted by molar-refractivity contribution is 5.60. The lowest BCUT2D eigenvalue weighted by Crippen LogP contribution is -2.26. The monoisotopic (exact) mass is 330 g/mol. The summed E-state index contributed by atoms with van der Waals surface area (Å²) in [5.41, 5.74) is 1.14. The third-order valence-electron chi connectivity index (χ3n) is 4.73. The summed E-state index contributed by atoms with van der Waals surface area (Å²) in [6, 6.07) is 8.22. The van der Waals surface area contributed by atoms with Crippen molar-refractivity contribution in [2.75, 3.05) is 25.2 Å². The van der Waals surface area contributed by atoms with Crippen molar-refractivity contribution < 1.29 is 4.74 Å². The molecule has 0 spiro atoms. The maximum Gasteiger partial charge on any atom is 0.142 e. The molecule has 3 heteroatoms. The van der Waals surface area contributed by atoms with Crippen molar-refractivity contribution in [3.05, 3.63) is 36.7 Å². The average Bonchev–Trinajstić information content (AvgIpc) is 3.09. The summed E-state index contributed by atoms with van der Waals surface area (Å²) in [5, 5.41) is 0. The predicted molar refractivity (Wildman–Crippen MR) is 103 cm³/mol. The van der Waals surface area contributed by atoms with Crippen molar-refractivity contribution in [1.82, 2.24) is 4.90 Å². The minimum absolute atomic E-state index is 0.928. The Morgan fingerprint density at radius 2 is 1.54 bits per heavy atom. The summed E-state index contributed by atoms with van der Waals surface area (Å²) < 4.78 is 5.46. The first-order chi connectivity index (χ1) is 11.8. The van der Waals surface area contributed by atoms with E-state index in [-0.39, 0.29) is 0 Å². The fourth-order valence-electron chi connectivity index (χ4n) is 3.26. The number of hydrogen-bond acceptors (Lipinski definition) is 3. The van der Waals surface area contributed by atoms with Crippen LogP contribution in [0.2, 0.25) is 0 Å². The summed E-state index contributed by atoms with van der Waals surface area (Å²) in [6.07, 6.45) is 16.8. The second-order valence-electron chi connectivity index (χ2n) is 6.72. The molecule has 0 N–H and O–H groups in total. The molecule has 2 rings (SSSR count). The molecule has 0 amide bonds. The number of methoxy groups -OCH3 is 1. The van der Waals surface area contributed by atoms with E-state index in [1.165, 1.54) is 57.8 Å². The first-order valence-electron chi connectivity index (χ1n) is 9.67. The standard InChI is InChI=1S/C21H34N2O/c1-3-4-5-6-7-8-9-10-13-16-22-17-18-23(19-22)20-14-11-12-15-21(20)24-2/h11-12,14-15,17-18H,3-10,13,16,19H2,1-2H3. The lowest BCUT2D eigenvalue weighted by Gasteiger charge is -2.22. The van der Waals surface area contributed by atoms with Gasteiger partial charge in [0.2, 0.25) is 0 Å². The second kappa shape index (κ2) is 11.0. The van der Waals surface area contributed by atoms with Gasteiger partial charge in [-0.3, -0.25) is 0 Å². The fourth-order valence-corrected chi connectivity index (χ4v) is 3.26. The van der Waals surface area contributed by atoms with Crippen LogP contribution < -0.4 is 9.64 Å². The molecule has 134 valence electrons. The van der Waals surface area contributed by atoms with E-state index in [9.17, 15) is 0 Å². The van der Waals surface area contributed by atoms with Crippen LogP contribution in [-0.4, -0.2) is 25.2 Å². The molecule has 0 saturated carbocycles. The number of anilines is 1. The van der Waals surface area contributed by atoms with Crippen LogP contribution in [0, 0.1) is 0 Å². The highest BCUT2D eigenvalue weighted by atomic mass is 16.5. The quantitative estimate of drug-likeness (QED) is 0.452. The van der Waals surface area contributed by atoms with E-state index in [0.717, 1.165) is 24.7 Å². The highest BCUT2D eigenvalue weighted by Crippen LogP contribution is 2.29. The van der Waals surface area contributed by atoms with Crippen LogP contribution >= 0.6 is 0 Å². The fraction of sp³-hybridized carbons (Fsp3) is 0.619. The molecule has 24 heavy (non-hydrogen) atoms. The molecular weight excluding hydrogens is 296 g/mol. The van der Waals surface area contributed by atoms with E-state index >= 15 is 0 Å². The number of ether oxygens (including phenoxy) is 1. The average molecular weight is 331 g/mol. The van der Waals surface area contributed by atoms with E-state index in [4.69, 9.17) is 4.74 Å². The lowest BCUT2D eigenvalue weighted by atomic mass is 10.1. The van der Waals surface area contributed by atoms with Gasteiger partial charge in [-0.05, 0) is 18.6 Å². The Bertz CT molecular complexity index is 486. The van der Waals surface area contributed by atoms with Crippen LogP contribution in [0.15, 0.2) is 36.7 Å². The van der Waals surface area contributed by atoms with Crippen LogP contribution in [0.5, 0.6) is 5.75 Å². The molecule has 0 fully saturated rings. The summed E-state index contributed by atoms with van der Waals surface area (Å²) in [6.45, 7) is 4.36. The summed E-state index contributed by atoms with van der Waals surface area (Å²) in [5.74, 6) is 0.937. The smallest absolute Gasteiger partial charge is 0.142 e. The highest BCUT2D eigenvalue weighted by Gasteiger charge is 2.16. The minimum atomic E-state index is 0.928. The van der Waals surface area contributed by atoms with Gasteiger partial charge in [0.15, 0.2) is 0 Å². The molecule has 3 nitrogen and oxygen atoms in total. The molecule has 0 aliphatic carbocycles. The van der Waals surface area contributed by atoms with E-state index in [1.54, 1.807) is 7.11 Å². The Hall–Kier alpha value is -1.64. The van der Waals surface area contributed by atoms with Crippen molar-refractivity contribution in [2.24, 2.45) is 0 Å². The maximum atomic E-state index is 5.46. The van der Waals surface area contributed by atoms with Gasteiger partial charge in [0.05, 0.1) is 19.5 Å². The molecule has 1 aromatic carbocycles. The summed E-state index contributed by atoms with van der Waals surface area (Å²) >= 11 is 0. The Morgan fingerprint density at radius 1 is 0.875 bits per heavy atom. The molecule has 0 aromatic heterocycles. The Morgan fingerprint density at radius 3 is 2.25 bits per heavy atom. The van der Waals surface area contributed by atoms with Crippen LogP contribution in [-0.2, 0) is 0 Å². The molecule has 1 aromatic rings. The van der Waals surface area contributed by atoms with Crippen LogP contribution in [0.25, 0.3) is 0 Å². The largest absolute Gasteiger partial charge is 0.495 e. The van der Waals surface area contributed by atoms with Crippen LogP contribution in [0.4, 0.5) is 5.69 Å². The zero-order valence-electron chi connectivity index (χ0n) is 15.5. The summed E-state index contributed by atoms with van der Waals surface area (Å²) in [7, 11) is 1.73. The van der Waals surface area contributed by atoms with Crippen LogP contribution in [0.1, 0.15) is 64.7 Å². The van der Waals surface area contributed by atoms with Crippen molar-refractivity contribution in [3.8, 4) is 5.75 Å². The van der Waals surface area contributed by atoms with E-state index < -0.39 is 0 Å². The van der Waals surface area contributed by atoms with Gasteiger partial charge in [-0.25, -0.2) is 0 Å². The SMILES string of the molecule is CCCCCCCCCCCN1C=CN(c2ccccc2OC)C1. The van der Waals surface area contributed by atoms with E-state index in [1.807, 2.05) is 12.1 Å². The minimum Gasteiger partial charge on any atom is -0.495 e. The molecule has 1 aliphatic rings. The molecular formula is C21H34N2O. The zero-order chi connectivity index (χ0) is 17.0. The molecule has 0 radical (unpaired) electrons. The predicted octanol–water partition coefficient (Wildman–Crippen LogP) is 5.78. The lowest BCUT2D eigenvalue weighted by molar-refractivity contribution is 0.383. The number of nitrogens with zero attached hydrogens (tertiary/aromatic N) is 2. The van der Waals surface area contributed by atoms with Crippen molar-refractivity contribution in [1.29, 1.82) is 0 Å². The van der Waals surface area contributed by atoms with Gasteiger partial charge in [0.1, 0.15) is 5.75 Å². The summed E-state index contributed by atoms with van der Waals surface area (Å²) in [4.78, 5) is 4.65. The van der Waals surface area contributed by atoms with Gasteiger partial charge in [0, 0.05) is 18.9 Å². The molecule has 0 saturated heterocycles. The van der Waals surface area contributed by atoms with E-state index in [2.05, 4.69) is 41.3 Å². The second-order valence-corrected chi connectivity index (χ2v) is 6.72. The number of benzene rings is 1. The van der Waals surface area contributed by atoms with Crippen molar-refractivity contribution >= 4 is 5.69 Å². The Balaban J connectivity index is 1.57. The van der Waals surface area contributed by atoms with E-state index in [0.29, 0.717) is 0 Å². The zero-order valence-corrected chi connectivity index (χ0v) is 15.5. The van der Waals surface area contributed by atoms with Gasteiger partial charge in [-0.15, -0.1) is 0 Å². The number of unbranched alkanes of at least 4 members (excludes halogenated alkanes) is 8. The van der Waals surface area contributed by atoms with Gasteiger partial charge >= 0.3 is 0 Å². The Kier molecular flexibility index (Phi) is 8.58. The third kappa shape index (κ3) is 6.10. The van der Waals surface area contributed by atoms with Crippen molar-refractivity contribution in [2.45, 2.75) is 64.7 Å². The molecule has 0 unspecified atom stereocenters. The Labute approximate surface area is 148 Å². The van der Waals surface area contributed by atoms with Gasteiger partial charge in [-0.1, -0.05) is 70.4 Å². The number of para-hydroxylation sites is 2. The van der Waals surface area contributed by atoms with Gasteiger partial charge < -0.3 is 14.5 Å². The molecule has 0 bridgehead atoms. The number of hydrogen-bond donors (Lipinski definition) is 0. The maximum absolute atomic E-state index is 5.46. The molecule has 1 aliphatic heterocycles. The first kappa shape index (κ1) is 18.7. The first-order valence-corrected chi connectivity index (χ1v) is 9.67.